The van der Waals surface area contributed by atoms with Crippen molar-refractivity contribution in [1.29, 1.82) is 0 Å². The molecule has 4 fully saturated rings. The van der Waals surface area contributed by atoms with Crippen LogP contribution in [0, 0.1) is 45.3 Å². The predicted octanol–water partition coefficient (Wildman–Crippen LogP) is 5.68. The van der Waals surface area contributed by atoms with Crippen LogP contribution in [0.4, 0.5) is 0 Å². The molecule has 3 N–H and O–H groups in total. The molecule has 0 aromatic carbocycles. The first kappa shape index (κ1) is 26.4. The molecule has 0 aromatic rings. The van der Waals surface area contributed by atoms with E-state index >= 15 is 0 Å². The minimum absolute atomic E-state index is 0.0339. The third-order valence-electron chi connectivity index (χ3n) is 12.0. The molecule has 0 aromatic heterocycles. The number of hydrogen-bond donors (Lipinski definition) is 3. The summed E-state index contributed by atoms with van der Waals surface area (Å²) in [6.07, 6.45) is 10.2. The van der Waals surface area contributed by atoms with E-state index in [-0.39, 0.29) is 33.5 Å². The zero-order valence-corrected chi connectivity index (χ0v) is 22.9. The third-order valence-corrected chi connectivity index (χ3v) is 12.0. The highest BCUT2D eigenvalue weighted by molar-refractivity contribution is 5.85. The first-order valence-electron chi connectivity index (χ1n) is 13.7. The van der Waals surface area contributed by atoms with Gasteiger partial charge in [0.05, 0.1) is 17.3 Å². The fourth-order valence-electron chi connectivity index (χ4n) is 9.99. The monoisotopic (exact) mass is 474 g/mol. The molecule has 194 valence electrons. The van der Waals surface area contributed by atoms with Crippen LogP contribution in [0.5, 0.6) is 0 Å². The number of carbonyl (C=O) groups is 1. The molecule has 2 unspecified atom stereocenters. The molecular weight excluding hydrogens is 424 g/mol. The van der Waals surface area contributed by atoms with Crippen LogP contribution in [0.3, 0.4) is 0 Å². The number of carbonyl (C=O) groups excluding carboxylic acids is 1. The molecule has 4 aliphatic rings. The standard InChI is InChI=1S/C30H50O4/c1-25(2,33)13-9-14-30(8,34)19-10-16-29(7)24(19)20(31)18-22-27(5)15-12-23(32)26(3,4)21(27)11-17-28(22,29)6/h9,13,19-22,24,31,33-34H,10-12,14-18H2,1-8H3/t19-,20?,21?,22+,24-,27-,28+,29-,30-/m0/s1. The zero-order valence-electron chi connectivity index (χ0n) is 22.9. The Bertz CT molecular complexity index is 850. The number of hydrogen-bond acceptors (Lipinski definition) is 4. The van der Waals surface area contributed by atoms with Gasteiger partial charge in [-0.3, -0.25) is 4.79 Å². The quantitative estimate of drug-likeness (QED) is 0.458. The topological polar surface area (TPSA) is 77.8 Å². The van der Waals surface area contributed by atoms with Gasteiger partial charge >= 0.3 is 0 Å². The van der Waals surface area contributed by atoms with Crippen LogP contribution >= 0.6 is 0 Å². The number of aliphatic hydroxyl groups is 3. The van der Waals surface area contributed by atoms with Gasteiger partial charge in [0.15, 0.2) is 0 Å². The van der Waals surface area contributed by atoms with Gasteiger partial charge < -0.3 is 15.3 Å². The zero-order chi connectivity index (χ0) is 25.5. The van der Waals surface area contributed by atoms with Gasteiger partial charge in [-0.1, -0.05) is 46.8 Å². The van der Waals surface area contributed by atoms with Crippen LogP contribution in [0.15, 0.2) is 12.2 Å². The second-order valence-electron chi connectivity index (χ2n) is 14.7. The van der Waals surface area contributed by atoms with Crippen LogP contribution < -0.4 is 0 Å². The summed E-state index contributed by atoms with van der Waals surface area (Å²) in [4.78, 5) is 12.9. The molecule has 0 bridgehead atoms. The average molecular weight is 475 g/mol. The molecule has 0 aliphatic heterocycles. The van der Waals surface area contributed by atoms with Crippen molar-refractivity contribution < 1.29 is 20.1 Å². The van der Waals surface area contributed by atoms with Gasteiger partial charge in [-0.05, 0) is 106 Å². The first-order chi connectivity index (χ1) is 15.4. The lowest BCUT2D eigenvalue weighted by atomic mass is 9.35. The van der Waals surface area contributed by atoms with E-state index in [4.69, 9.17) is 0 Å². The molecule has 0 spiro atoms. The summed E-state index contributed by atoms with van der Waals surface area (Å²) >= 11 is 0. The van der Waals surface area contributed by atoms with Gasteiger partial charge in [-0.2, -0.15) is 0 Å². The van der Waals surface area contributed by atoms with E-state index in [0.717, 1.165) is 38.5 Å². The summed E-state index contributed by atoms with van der Waals surface area (Å²) in [7, 11) is 0. The highest BCUT2D eigenvalue weighted by atomic mass is 16.3. The fraction of sp³-hybridized carbons (Fsp3) is 0.900. The first-order valence-corrected chi connectivity index (χ1v) is 13.7. The predicted molar refractivity (Wildman–Crippen MR) is 136 cm³/mol. The van der Waals surface area contributed by atoms with Crippen molar-refractivity contribution >= 4 is 5.78 Å². The van der Waals surface area contributed by atoms with Crippen molar-refractivity contribution in [1.82, 2.24) is 0 Å². The van der Waals surface area contributed by atoms with Gasteiger partial charge in [0.1, 0.15) is 5.78 Å². The Morgan fingerprint density at radius 3 is 2.18 bits per heavy atom. The Morgan fingerprint density at radius 1 is 0.941 bits per heavy atom. The number of ketones is 1. The van der Waals surface area contributed by atoms with Gasteiger partial charge in [0.25, 0.3) is 0 Å². The smallest absolute Gasteiger partial charge is 0.138 e. The van der Waals surface area contributed by atoms with E-state index in [9.17, 15) is 20.1 Å². The largest absolute Gasteiger partial charge is 0.393 e. The maximum Gasteiger partial charge on any atom is 0.138 e. The summed E-state index contributed by atoms with van der Waals surface area (Å²) in [6, 6.07) is 0. The molecule has 0 amide bonds. The Hall–Kier alpha value is -0.710. The molecule has 4 saturated carbocycles. The number of rotatable bonds is 4. The minimum Gasteiger partial charge on any atom is -0.393 e. The van der Waals surface area contributed by atoms with Crippen molar-refractivity contribution in [2.75, 3.05) is 0 Å². The van der Waals surface area contributed by atoms with Crippen LogP contribution in [0.1, 0.15) is 107 Å². The van der Waals surface area contributed by atoms with E-state index in [1.165, 1.54) is 0 Å². The summed E-state index contributed by atoms with van der Waals surface area (Å²) in [5, 5.41) is 33.4. The van der Waals surface area contributed by atoms with Crippen molar-refractivity contribution in [3.8, 4) is 0 Å². The highest BCUT2D eigenvalue weighted by Crippen LogP contribution is 2.75. The SMILES string of the molecule is CC(C)(O)C=CC[C@](C)(O)[C@H]1CC[C@@]2(C)[C@@H]1C(O)C[C@@H]1[C@@]3(C)CCC(=O)C(C)(C)C3CC[C@]12C. The van der Waals surface area contributed by atoms with E-state index in [2.05, 4.69) is 34.6 Å². The van der Waals surface area contributed by atoms with E-state index in [0.29, 0.717) is 30.5 Å². The molecule has 0 saturated heterocycles. The van der Waals surface area contributed by atoms with Crippen LogP contribution in [-0.2, 0) is 4.79 Å². The van der Waals surface area contributed by atoms with Crippen LogP contribution in [0.25, 0.3) is 0 Å². The number of fused-ring (bicyclic) bond motifs is 5. The van der Waals surface area contributed by atoms with Gasteiger partial charge in [-0.25, -0.2) is 0 Å². The maximum absolute atomic E-state index is 12.9. The van der Waals surface area contributed by atoms with Crippen molar-refractivity contribution in [2.24, 2.45) is 45.3 Å². The molecule has 0 radical (unpaired) electrons. The van der Waals surface area contributed by atoms with Gasteiger partial charge in [0.2, 0.25) is 0 Å². The fourth-order valence-corrected chi connectivity index (χ4v) is 9.99. The summed E-state index contributed by atoms with van der Waals surface area (Å²) in [5.74, 6) is 1.28. The summed E-state index contributed by atoms with van der Waals surface area (Å²) in [6.45, 7) is 17.0. The minimum atomic E-state index is -0.922. The lowest BCUT2D eigenvalue weighted by Crippen LogP contribution is -2.66. The molecule has 4 nitrogen and oxygen atoms in total. The van der Waals surface area contributed by atoms with Crippen molar-refractivity contribution in [3.05, 3.63) is 12.2 Å². The molecule has 4 rings (SSSR count). The Morgan fingerprint density at radius 2 is 1.56 bits per heavy atom. The Balaban J connectivity index is 1.66. The van der Waals surface area contributed by atoms with Crippen LogP contribution in [-0.4, -0.2) is 38.4 Å². The second-order valence-corrected chi connectivity index (χ2v) is 14.7. The van der Waals surface area contributed by atoms with E-state index in [1.807, 2.05) is 13.0 Å². The highest BCUT2D eigenvalue weighted by Gasteiger charge is 2.71. The number of aliphatic hydroxyl groups excluding tert-OH is 1. The summed E-state index contributed by atoms with van der Waals surface area (Å²) in [5.41, 5.74) is -1.99. The molecule has 4 aliphatic carbocycles. The van der Waals surface area contributed by atoms with Gasteiger partial charge in [-0.15, -0.1) is 0 Å². The van der Waals surface area contributed by atoms with E-state index < -0.39 is 17.3 Å². The van der Waals surface area contributed by atoms with Gasteiger partial charge in [0, 0.05) is 11.8 Å². The summed E-state index contributed by atoms with van der Waals surface area (Å²) < 4.78 is 0. The lowest BCUT2D eigenvalue weighted by molar-refractivity contribution is -0.232. The van der Waals surface area contributed by atoms with E-state index in [1.54, 1.807) is 19.9 Å². The Kier molecular flexibility index (Phi) is 6.12. The maximum atomic E-state index is 12.9. The molecular formula is C30H50O4. The molecule has 34 heavy (non-hydrogen) atoms. The normalized spacial score (nSPS) is 48.2. The molecule has 0 heterocycles. The van der Waals surface area contributed by atoms with Crippen LogP contribution in [0.2, 0.25) is 0 Å². The molecule has 4 heteroatoms. The number of Topliss-reactive ketones (excluding diaryl/α,β-unsaturated/α-hetero) is 1. The molecule has 9 atom stereocenters. The van der Waals surface area contributed by atoms with Crippen molar-refractivity contribution in [3.63, 3.8) is 0 Å². The third kappa shape index (κ3) is 3.68. The lowest BCUT2D eigenvalue weighted by Gasteiger charge is -2.69. The Labute approximate surface area is 207 Å². The van der Waals surface area contributed by atoms with Crippen molar-refractivity contribution in [2.45, 2.75) is 124 Å². The average Bonchev–Trinajstić information content (AvgIpc) is 3.07. The second kappa shape index (κ2) is 7.89.